The number of hydrogen-bond acceptors (Lipinski definition) is 4. The van der Waals surface area contributed by atoms with Crippen LogP contribution in [0.3, 0.4) is 0 Å². The summed E-state index contributed by atoms with van der Waals surface area (Å²) in [6.45, 7) is 6.95. The number of rotatable bonds is 8. The lowest BCUT2D eigenvalue weighted by Gasteiger charge is -2.13. The molecule has 0 spiro atoms. The Hall–Kier alpha value is -2.01. The lowest BCUT2D eigenvalue weighted by atomic mass is 10.2. The van der Waals surface area contributed by atoms with Crippen molar-refractivity contribution in [1.82, 2.24) is 15.1 Å². The van der Waals surface area contributed by atoms with Crippen molar-refractivity contribution in [3.8, 4) is 11.5 Å². The molecule has 0 unspecified atom stereocenters. The highest BCUT2D eigenvalue weighted by molar-refractivity contribution is 5.43. The fourth-order valence-electron chi connectivity index (χ4n) is 2.03. The van der Waals surface area contributed by atoms with Gasteiger partial charge in [-0.25, -0.2) is 0 Å². The smallest absolute Gasteiger partial charge is 0.161 e. The van der Waals surface area contributed by atoms with E-state index >= 15 is 0 Å². The molecule has 0 radical (unpaired) electrons. The van der Waals surface area contributed by atoms with E-state index in [4.69, 9.17) is 9.47 Å². The minimum absolute atomic E-state index is 0.487. The zero-order valence-corrected chi connectivity index (χ0v) is 12.9. The first-order valence-corrected chi connectivity index (χ1v) is 7.29. The number of benzene rings is 1. The van der Waals surface area contributed by atoms with Crippen molar-refractivity contribution in [1.29, 1.82) is 0 Å². The molecule has 1 heterocycles. The lowest BCUT2D eigenvalue weighted by Crippen LogP contribution is -2.11. The summed E-state index contributed by atoms with van der Waals surface area (Å²) in [7, 11) is 1.89. The van der Waals surface area contributed by atoms with Crippen molar-refractivity contribution >= 4 is 0 Å². The van der Waals surface area contributed by atoms with Crippen LogP contribution < -0.4 is 14.8 Å². The molecule has 0 bridgehead atoms. The minimum Gasteiger partial charge on any atom is -0.490 e. The first-order chi connectivity index (χ1) is 10.2. The van der Waals surface area contributed by atoms with Gasteiger partial charge >= 0.3 is 0 Å². The van der Waals surface area contributed by atoms with Crippen molar-refractivity contribution in [2.75, 3.05) is 13.2 Å². The SMILES string of the molecule is CCNCc1ccc(OCc2cnn(C)c2)c(OCC)c1. The topological polar surface area (TPSA) is 48.3 Å². The monoisotopic (exact) mass is 289 g/mol. The largest absolute Gasteiger partial charge is 0.490 e. The summed E-state index contributed by atoms with van der Waals surface area (Å²) >= 11 is 0. The maximum Gasteiger partial charge on any atom is 0.161 e. The molecule has 0 aliphatic heterocycles. The molecule has 1 N–H and O–H groups in total. The summed E-state index contributed by atoms with van der Waals surface area (Å²) in [5.41, 5.74) is 2.23. The average Bonchev–Trinajstić information content (AvgIpc) is 2.90. The van der Waals surface area contributed by atoms with Gasteiger partial charge in [0.2, 0.25) is 0 Å². The second-order valence-corrected chi connectivity index (χ2v) is 4.81. The zero-order chi connectivity index (χ0) is 15.1. The third-order valence-corrected chi connectivity index (χ3v) is 3.04. The molecule has 2 rings (SSSR count). The van der Waals surface area contributed by atoms with Crippen molar-refractivity contribution in [2.24, 2.45) is 7.05 Å². The summed E-state index contributed by atoms with van der Waals surface area (Å²) in [5.74, 6) is 1.55. The van der Waals surface area contributed by atoms with E-state index < -0.39 is 0 Å². The Balaban J connectivity index is 2.06. The average molecular weight is 289 g/mol. The molecule has 0 saturated heterocycles. The summed E-state index contributed by atoms with van der Waals surface area (Å²) in [6, 6.07) is 6.06. The van der Waals surface area contributed by atoms with Crippen LogP contribution in [0.1, 0.15) is 25.0 Å². The molecule has 1 aromatic heterocycles. The van der Waals surface area contributed by atoms with Gasteiger partial charge in [-0.1, -0.05) is 13.0 Å². The van der Waals surface area contributed by atoms with E-state index in [0.717, 1.165) is 30.2 Å². The Labute approximate surface area is 125 Å². The Morgan fingerprint density at radius 2 is 2.00 bits per heavy atom. The Morgan fingerprint density at radius 1 is 1.14 bits per heavy atom. The first-order valence-electron chi connectivity index (χ1n) is 7.29. The standard InChI is InChI=1S/C16H23N3O2/c1-4-17-9-13-6-7-15(16(8-13)20-5-2)21-12-14-10-18-19(3)11-14/h6-8,10-11,17H,4-5,9,12H2,1-3H3. The van der Waals surface area contributed by atoms with Gasteiger partial charge < -0.3 is 14.8 Å². The van der Waals surface area contributed by atoms with Crippen LogP contribution >= 0.6 is 0 Å². The molecule has 2 aromatic rings. The molecule has 0 fully saturated rings. The Kier molecular flexibility index (Phi) is 5.63. The minimum atomic E-state index is 0.487. The van der Waals surface area contributed by atoms with Gasteiger partial charge in [0, 0.05) is 25.4 Å². The van der Waals surface area contributed by atoms with Crippen LogP contribution in [0.15, 0.2) is 30.6 Å². The molecule has 5 heteroatoms. The van der Waals surface area contributed by atoms with Gasteiger partial charge in [-0.3, -0.25) is 4.68 Å². The molecule has 21 heavy (non-hydrogen) atoms. The Morgan fingerprint density at radius 3 is 2.67 bits per heavy atom. The maximum atomic E-state index is 5.85. The molecule has 0 atom stereocenters. The molecule has 0 saturated carbocycles. The summed E-state index contributed by atoms with van der Waals surface area (Å²) in [6.07, 6.45) is 3.75. The highest BCUT2D eigenvalue weighted by Gasteiger charge is 2.07. The molecular weight excluding hydrogens is 266 g/mol. The number of aromatic nitrogens is 2. The fraction of sp³-hybridized carbons (Fsp3) is 0.438. The van der Waals surface area contributed by atoms with E-state index in [1.54, 1.807) is 10.9 Å². The van der Waals surface area contributed by atoms with E-state index in [2.05, 4.69) is 23.4 Å². The molecular formula is C16H23N3O2. The van der Waals surface area contributed by atoms with Gasteiger partial charge in [-0.05, 0) is 31.2 Å². The van der Waals surface area contributed by atoms with Crippen LogP contribution in [0.2, 0.25) is 0 Å². The molecule has 1 aromatic carbocycles. The predicted molar refractivity (Wildman–Crippen MR) is 82.5 cm³/mol. The van der Waals surface area contributed by atoms with Crippen LogP contribution in [-0.2, 0) is 20.2 Å². The molecule has 0 amide bonds. The number of hydrogen-bond donors (Lipinski definition) is 1. The van der Waals surface area contributed by atoms with Crippen LogP contribution in [0.5, 0.6) is 11.5 Å². The molecule has 0 aliphatic carbocycles. The van der Waals surface area contributed by atoms with Gasteiger partial charge in [0.15, 0.2) is 11.5 Å². The summed E-state index contributed by atoms with van der Waals surface area (Å²) in [5, 5.41) is 7.44. The van der Waals surface area contributed by atoms with E-state index in [1.807, 2.05) is 32.3 Å². The summed E-state index contributed by atoms with van der Waals surface area (Å²) in [4.78, 5) is 0. The van der Waals surface area contributed by atoms with Gasteiger partial charge in [-0.15, -0.1) is 0 Å². The van der Waals surface area contributed by atoms with E-state index in [9.17, 15) is 0 Å². The van der Waals surface area contributed by atoms with E-state index in [1.165, 1.54) is 5.56 Å². The van der Waals surface area contributed by atoms with E-state index in [0.29, 0.717) is 13.2 Å². The van der Waals surface area contributed by atoms with Crippen molar-refractivity contribution in [2.45, 2.75) is 27.0 Å². The third-order valence-electron chi connectivity index (χ3n) is 3.04. The zero-order valence-electron chi connectivity index (χ0n) is 12.9. The normalized spacial score (nSPS) is 10.6. The lowest BCUT2D eigenvalue weighted by molar-refractivity contribution is 0.269. The number of ether oxygens (including phenoxy) is 2. The van der Waals surface area contributed by atoms with Gasteiger partial charge in [-0.2, -0.15) is 5.10 Å². The molecule has 0 aliphatic rings. The van der Waals surface area contributed by atoms with Gasteiger partial charge in [0.1, 0.15) is 6.61 Å². The van der Waals surface area contributed by atoms with E-state index in [-0.39, 0.29) is 0 Å². The number of nitrogens with one attached hydrogen (secondary N) is 1. The number of aryl methyl sites for hydroxylation is 1. The Bertz CT molecular complexity index is 566. The fourth-order valence-corrected chi connectivity index (χ4v) is 2.03. The first kappa shape index (κ1) is 15.4. The van der Waals surface area contributed by atoms with Crippen LogP contribution in [-0.4, -0.2) is 22.9 Å². The van der Waals surface area contributed by atoms with Crippen LogP contribution in [0, 0.1) is 0 Å². The predicted octanol–water partition coefficient (Wildman–Crippen LogP) is 2.51. The van der Waals surface area contributed by atoms with Crippen molar-refractivity contribution in [3.05, 3.63) is 41.7 Å². The van der Waals surface area contributed by atoms with Crippen molar-refractivity contribution < 1.29 is 9.47 Å². The van der Waals surface area contributed by atoms with Crippen molar-refractivity contribution in [3.63, 3.8) is 0 Å². The second-order valence-electron chi connectivity index (χ2n) is 4.81. The highest BCUT2D eigenvalue weighted by atomic mass is 16.5. The third kappa shape index (κ3) is 4.49. The van der Waals surface area contributed by atoms with Crippen LogP contribution in [0.25, 0.3) is 0 Å². The molecule has 114 valence electrons. The number of nitrogens with zero attached hydrogens (tertiary/aromatic N) is 2. The summed E-state index contributed by atoms with van der Waals surface area (Å²) < 4.78 is 13.3. The highest BCUT2D eigenvalue weighted by Crippen LogP contribution is 2.29. The molecule has 5 nitrogen and oxygen atoms in total. The maximum absolute atomic E-state index is 5.85. The second kappa shape index (κ2) is 7.69. The van der Waals surface area contributed by atoms with Gasteiger partial charge in [0.05, 0.1) is 12.8 Å². The quantitative estimate of drug-likeness (QED) is 0.811. The van der Waals surface area contributed by atoms with Gasteiger partial charge in [0.25, 0.3) is 0 Å². The van der Waals surface area contributed by atoms with Crippen LogP contribution in [0.4, 0.5) is 0 Å².